The van der Waals surface area contributed by atoms with Crippen molar-refractivity contribution in [3.63, 3.8) is 0 Å². The highest BCUT2D eigenvalue weighted by atomic mass is 32.2. The molecule has 0 aliphatic carbocycles. The highest BCUT2D eigenvalue weighted by Crippen LogP contribution is 2.19. The quantitative estimate of drug-likeness (QED) is 0.675. The number of carboxylic acid groups (broad SMARTS) is 2. The Morgan fingerprint density at radius 3 is 2.42 bits per heavy atom. The molecule has 19 heavy (non-hydrogen) atoms. The Hall–Kier alpha value is -2.02. The molecule has 1 aromatic carbocycles. The SMILES string of the molecule is CSc1ccccc1C(=O)N[C@H](CC(=O)O)C(=O)O. The van der Waals surface area contributed by atoms with Gasteiger partial charge in [0.1, 0.15) is 6.04 Å². The van der Waals surface area contributed by atoms with Crippen LogP contribution in [0.4, 0.5) is 0 Å². The van der Waals surface area contributed by atoms with Gasteiger partial charge in [-0.3, -0.25) is 9.59 Å². The van der Waals surface area contributed by atoms with Crippen LogP contribution in [0, 0.1) is 0 Å². The summed E-state index contributed by atoms with van der Waals surface area (Å²) >= 11 is 1.35. The number of carbonyl (C=O) groups is 3. The summed E-state index contributed by atoms with van der Waals surface area (Å²) in [6.07, 6.45) is 1.13. The van der Waals surface area contributed by atoms with Crippen LogP contribution >= 0.6 is 11.8 Å². The lowest BCUT2D eigenvalue weighted by Gasteiger charge is -2.13. The predicted molar refractivity (Wildman–Crippen MR) is 69.4 cm³/mol. The first-order valence-corrected chi connectivity index (χ1v) is 6.56. The number of aliphatic carboxylic acids is 2. The second-order valence-corrected chi connectivity index (χ2v) is 4.51. The van der Waals surface area contributed by atoms with E-state index in [2.05, 4.69) is 5.32 Å². The highest BCUT2D eigenvalue weighted by Gasteiger charge is 2.24. The number of carboxylic acids is 2. The molecule has 6 nitrogen and oxygen atoms in total. The number of benzene rings is 1. The van der Waals surface area contributed by atoms with Crippen molar-refractivity contribution in [3.05, 3.63) is 29.8 Å². The Morgan fingerprint density at radius 1 is 1.26 bits per heavy atom. The Labute approximate surface area is 113 Å². The zero-order valence-corrected chi connectivity index (χ0v) is 10.9. The molecule has 0 radical (unpaired) electrons. The minimum atomic E-state index is -1.44. The average Bonchev–Trinajstić information content (AvgIpc) is 2.37. The molecule has 102 valence electrons. The second-order valence-electron chi connectivity index (χ2n) is 3.66. The second kappa shape index (κ2) is 6.79. The van der Waals surface area contributed by atoms with Gasteiger partial charge in [-0.1, -0.05) is 12.1 Å². The fourth-order valence-electron chi connectivity index (χ4n) is 1.44. The Bertz CT molecular complexity index is 503. The van der Waals surface area contributed by atoms with Crippen LogP contribution in [0.15, 0.2) is 29.2 Å². The van der Waals surface area contributed by atoms with E-state index in [0.29, 0.717) is 10.5 Å². The van der Waals surface area contributed by atoms with Crippen molar-refractivity contribution in [3.8, 4) is 0 Å². The van der Waals surface area contributed by atoms with Crippen LogP contribution in [-0.4, -0.2) is 40.4 Å². The number of rotatable bonds is 6. The third kappa shape index (κ3) is 4.29. The highest BCUT2D eigenvalue weighted by molar-refractivity contribution is 7.98. The van der Waals surface area contributed by atoms with E-state index in [1.165, 1.54) is 11.8 Å². The largest absolute Gasteiger partial charge is 0.481 e. The molecule has 1 rings (SSSR count). The lowest BCUT2D eigenvalue weighted by atomic mass is 10.1. The van der Waals surface area contributed by atoms with Crippen LogP contribution in [0.3, 0.4) is 0 Å². The molecular formula is C12H13NO5S. The fourth-order valence-corrected chi connectivity index (χ4v) is 2.04. The maximum Gasteiger partial charge on any atom is 0.326 e. The van der Waals surface area contributed by atoms with E-state index in [-0.39, 0.29) is 0 Å². The zero-order valence-electron chi connectivity index (χ0n) is 10.1. The Morgan fingerprint density at radius 2 is 1.89 bits per heavy atom. The van der Waals surface area contributed by atoms with Crippen molar-refractivity contribution in [2.75, 3.05) is 6.26 Å². The van der Waals surface area contributed by atoms with Crippen LogP contribution in [-0.2, 0) is 9.59 Å². The third-order valence-electron chi connectivity index (χ3n) is 2.33. The van der Waals surface area contributed by atoms with Gasteiger partial charge in [0.15, 0.2) is 0 Å². The molecule has 0 aliphatic heterocycles. The Kier molecular flexibility index (Phi) is 5.37. The summed E-state index contributed by atoms with van der Waals surface area (Å²) in [6.45, 7) is 0. The normalized spacial score (nSPS) is 11.6. The van der Waals surface area contributed by atoms with Crippen molar-refractivity contribution in [2.24, 2.45) is 0 Å². The van der Waals surface area contributed by atoms with Gasteiger partial charge in [0.2, 0.25) is 0 Å². The van der Waals surface area contributed by atoms with Crippen LogP contribution in [0.1, 0.15) is 16.8 Å². The molecule has 0 spiro atoms. The van der Waals surface area contributed by atoms with Gasteiger partial charge in [-0.15, -0.1) is 11.8 Å². The number of amides is 1. The van der Waals surface area contributed by atoms with Crippen molar-refractivity contribution < 1.29 is 24.6 Å². The first-order valence-electron chi connectivity index (χ1n) is 5.34. The van der Waals surface area contributed by atoms with Gasteiger partial charge in [-0.05, 0) is 18.4 Å². The van der Waals surface area contributed by atoms with E-state index >= 15 is 0 Å². The summed E-state index contributed by atoms with van der Waals surface area (Å²) in [4.78, 5) is 34.0. The number of thioether (sulfide) groups is 1. The summed E-state index contributed by atoms with van der Waals surface area (Å²) in [6, 6.07) is 5.25. The predicted octanol–water partition coefficient (Wildman–Crippen LogP) is 1.07. The fraction of sp³-hybridized carbons (Fsp3) is 0.250. The van der Waals surface area contributed by atoms with E-state index < -0.39 is 30.3 Å². The number of nitrogens with one attached hydrogen (secondary N) is 1. The number of hydrogen-bond acceptors (Lipinski definition) is 4. The van der Waals surface area contributed by atoms with Crippen molar-refractivity contribution >= 4 is 29.6 Å². The lowest BCUT2D eigenvalue weighted by Crippen LogP contribution is -2.42. The monoisotopic (exact) mass is 283 g/mol. The molecule has 0 heterocycles. The van der Waals surface area contributed by atoms with Gasteiger partial charge >= 0.3 is 11.9 Å². The van der Waals surface area contributed by atoms with E-state index in [4.69, 9.17) is 10.2 Å². The molecular weight excluding hydrogens is 270 g/mol. The molecule has 0 bridgehead atoms. The molecule has 0 aliphatic rings. The minimum Gasteiger partial charge on any atom is -0.481 e. The van der Waals surface area contributed by atoms with Gasteiger partial charge < -0.3 is 15.5 Å². The smallest absolute Gasteiger partial charge is 0.326 e. The molecule has 1 amide bonds. The first kappa shape index (κ1) is 15.0. The molecule has 3 N–H and O–H groups in total. The summed E-state index contributed by atoms with van der Waals surface area (Å²) in [7, 11) is 0. The molecule has 0 saturated carbocycles. The molecule has 0 fully saturated rings. The Balaban J connectivity index is 2.87. The van der Waals surface area contributed by atoms with Gasteiger partial charge in [0.05, 0.1) is 12.0 Å². The van der Waals surface area contributed by atoms with E-state index in [1.54, 1.807) is 30.5 Å². The number of carbonyl (C=O) groups excluding carboxylic acids is 1. The topological polar surface area (TPSA) is 104 Å². The van der Waals surface area contributed by atoms with E-state index in [9.17, 15) is 14.4 Å². The zero-order chi connectivity index (χ0) is 14.4. The summed E-state index contributed by atoms with van der Waals surface area (Å²) < 4.78 is 0. The van der Waals surface area contributed by atoms with Gasteiger partial charge in [-0.2, -0.15) is 0 Å². The first-order chi connectivity index (χ1) is 8.95. The molecule has 0 saturated heterocycles. The summed E-state index contributed by atoms with van der Waals surface area (Å²) in [5, 5.41) is 19.7. The molecule has 1 atom stereocenters. The maximum atomic E-state index is 11.9. The van der Waals surface area contributed by atoms with E-state index in [1.807, 2.05) is 0 Å². The van der Waals surface area contributed by atoms with Gasteiger partial charge in [-0.25, -0.2) is 4.79 Å². The van der Waals surface area contributed by atoms with Gasteiger partial charge in [0.25, 0.3) is 5.91 Å². The molecule has 0 unspecified atom stereocenters. The molecule has 7 heteroatoms. The van der Waals surface area contributed by atoms with Crippen LogP contribution < -0.4 is 5.32 Å². The van der Waals surface area contributed by atoms with E-state index in [0.717, 1.165) is 0 Å². The van der Waals surface area contributed by atoms with Crippen LogP contribution in [0.2, 0.25) is 0 Å². The molecule has 0 aromatic heterocycles. The maximum absolute atomic E-state index is 11.9. The van der Waals surface area contributed by atoms with Crippen LogP contribution in [0.5, 0.6) is 0 Å². The third-order valence-corrected chi connectivity index (χ3v) is 3.13. The lowest BCUT2D eigenvalue weighted by molar-refractivity contribution is -0.145. The average molecular weight is 283 g/mol. The van der Waals surface area contributed by atoms with Gasteiger partial charge in [0, 0.05) is 4.90 Å². The van der Waals surface area contributed by atoms with Crippen molar-refractivity contribution in [2.45, 2.75) is 17.4 Å². The van der Waals surface area contributed by atoms with Crippen molar-refractivity contribution in [1.29, 1.82) is 0 Å². The minimum absolute atomic E-state index is 0.326. The number of hydrogen-bond donors (Lipinski definition) is 3. The van der Waals surface area contributed by atoms with Crippen LogP contribution in [0.25, 0.3) is 0 Å². The standard InChI is InChI=1S/C12H13NO5S/c1-19-9-5-3-2-4-7(9)11(16)13-8(12(17)18)6-10(14)15/h2-5,8H,6H2,1H3,(H,13,16)(H,14,15)(H,17,18)/t8-/m1/s1. The summed E-state index contributed by atoms with van der Waals surface area (Å²) in [5.74, 6) is -3.26. The van der Waals surface area contributed by atoms with Crippen molar-refractivity contribution in [1.82, 2.24) is 5.32 Å². The summed E-state index contributed by atoms with van der Waals surface area (Å²) in [5.41, 5.74) is 0.326. The molecule has 1 aromatic rings.